The lowest BCUT2D eigenvalue weighted by Crippen LogP contribution is -2.26. The summed E-state index contributed by atoms with van der Waals surface area (Å²) >= 11 is 4.84. The standard InChI is InChI=1S/C15H19BrN2O2S/c1-8(2)13(16)14(19)18-15-17-11-6-5-10(20-9(3)4)7-12(11)21-15/h5-9,13H,1-4H3,(H,17,18,19). The van der Waals surface area contributed by atoms with Crippen molar-refractivity contribution >= 4 is 48.5 Å². The predicted octanol–water partition coefficient (Wildman–Crippen LogP) is 4.44. The summed E-state index contributed by atoms with van der Waals surface area (Å²) in [5.41, 5.74) is 0.863. The lowest BCUT2D eigenvalue weighted by molar-refractivity contribution is -0.116. The van der Waals surface area contributed by atoms with Crippen LogP contribution in [0.15, 0.2) is 18.2 Å². The van der Waals surface area contributed by atoms with E-state index in [4.69, 9.17) is 4.74 Å². The van der Waals surface area contributed by atoms with Gasteiger partial charge in [0.1, 0.15) is 5.75 Å². The van der Waals surface area contributed by atoms with Gasteiger partial charge in [-0.3, -0.25) is 4.79 Å². The molecule has 1 atom stereocenters. The number of nitrogens with zero attached hydrogens (tertiary/aromatic N) is 1. The Labute approximate surface area is 137 Å². The summed E-state index contributed by atoms with van der Waals surface area (Å²) in [5, 5.41) is 3.47. The molecule has 21 heavy (non-hydrogen) atoms. The third kappa shape index (κ3) is 4.17. The first kappa shape index (κ1) is 16.2. The fraction of sp³-hybridized carbons (Fsp3) is 0.467. The molecular formula is C15H19BrN2O2S. The Morgan fingerprint density at radius 3 is 2.67 bits per heavy atom. The molecule has 0 aliphatic heterocycles. The van der Waals surface area contributed by atoms with Crippen LogP contribution in [0.25, 0.3) is 10.2 Å². The Hall–Kier alpha value is -1.14. The van der Waals surface area contributed by atoms with Crippen molar-refractivity contribution < 1.29 is 9.53 Å². The average molecular weight is 371 g/mol. The third-order valence-electron chi connectivity index (χ3n) is 2.80. The quantitative estimate of drug-likeness (QED) is 0.791. The Kier molecular flexibility index (Phi) is 5.22. The summed E-state index contributed by atoms with van der Waals surface area (Å²) in [6.07, 6.45) is 0.134. The van der Waals surface area contributed by atoms with Crippen LogP contribution in [-0.2, 0) is 4.79 Å². The summed E-state index contributed by atoms with van der Waals surface area (Å²) in [4.78, 5) is 16.2. The number of nitrogens with one attached hydrogen (secondary N) is 1. The second kappa shape index (κ2) is 6.75. The molecule has 0 radical (unpaired) electrons. The van der Waals surface area contributed by atoms with Gasteiger partial charge in [-0.05, 0) is 38.0 Å². The van der Waals surface area contributed by atoms with Gasteiger partial charge in [0.15, 0.2) is 5.13 Å². The molecule has 6 heteroatoms. The van der Waals surface area contributed by atoms with Gasteiger partial charge in [0.2, 0.25) is 5.91 Å². The number of rotatable bonds is 5. The minimum Gasteiger partial charge on any atom is -0.491 e. The molecule has 1 heterocycles. The van der Waals surface area contributed by atoms with Gasteiger partial charge < -0.3 is 10.1 Å². The molecule has 2 aromatic rings. The van der Waals surface area contributed by atoms with Crippen molar-refractivity contribution in [1.29, 1.82) is 0 Å². The van der Waals surface area contributed by atoms with Gasteiger partial charge in [-0.15, -0.1) is 0 Å². The van der Waals surface area contributed by atoms with E-state index in [0.717, 1.165) is 16.0 Å². The number of hydrogen-bond acceptors (Lipinski definition) is 4. The van der Waals surface area contributed by atoms with Crippen LogP contribution >= 0.6 is 27.3 Å². The molecule has 0 aliphatic rings. The molecule has 2 rings (SSSR count). The van der Waals surface area contributed by atoms with Crippen molar-refractivity contribution in [2.75, 3.05) is 5.32 Å². The van der Waals surface area contributed by atoms with Crippen LogP contribution < -0.4 is 10.1 Å². The fourth-order valence-corrected chi connectivity index (χ4v) is 2.79. The number of anilines is 1. The number of aromatic nitrogens is 1. The van der Waals surface area contributed by atoms with Crippen molar-refractivity contribution in [3.63, 3.8) is 0 Å². The number of benzene rings is 1. The molecule has 1 unspecified atom stereocenters. The number of ether oxygens (including phenoxy) is 1. The second-order valence-corrected chi connectivity index (χ2v) is 7.47. The normalized spacial score (nSPS) is 12.9. The molecule has 1 amide bonds. The first-order chi connectivity index (χ1) is 9.86. The molecule has 4 nitrogen and oxygen atoms in total. The summed E-state index contributed by atoms with van der Waals surface area (Å²) in [5.74, 6) is 0.979. The van der Waals surface area contributed by atoms with Gasteiger partial charge in [0.05, 0.1) is 21.1 Å². The van der Waals surface area contributed by atoms with Crippen molar-refractivity contribution in [2.45, 2.75) is 38.6 Å². The Morgan fingerprint density at radius 2 is 2.05 bits per heavy atom. The maximum absolute atomic E-state index is 12.0. The van der Waals surface area contributed by atoms with Gasteiger partial charge in [-0.2, -0.15) is 0 Å². The topological polar surface area (TPSA) is 51.2 Å². The zero-order valence-corrected chi connectivity index (χ0v) is 14.9. The Morgan fingerprint density at radius 1 is 1.33 bits per heavy atom. The minimum absolute atomic E-state index is 0.0669. The van der Waals surface area contributed by atoms with Crippen molar-refractivity contribution in [2.24, 2.45) is 5.92 Å². The Bertz CT molecular complexity index is 640. The van der Waals surface area contributed by atoms with Gasteiger partial charge in [-0.1, -0.05) is 41.1 Å². The minimum atomic E-state index is -0.218. The monoisotopic (exact) mass is 370 g/mol. The molecule has 1 aromatic heterocycles. The maximum atomic E-state index is 12.0. The zero-order valence-electron chi connectivity index (χ0n) is 12.5. The molecule has 0 bridgehead atoms. The molecule has 0 saturated carbocycles. The van der Waals surface area contributed by atoms with Crippen molar-refractivity contribution in [1.82, 2.24) is 4.98 Å². The van der Waals surface area contributed by atoms with Gasteiger partial charge >= 0.3 is 0 Å². The highest BCUT2D eigenvalue weighted by molar-refractivity contribution is 9.10. The molecule has 114 valence electrons. The average Bonchev–Trinajstić information content (AvgIpc) is 2.78. The molecular weight excluding hydrogens is 352 g/mol. The number of thiazole rings is 1. The van der Waals surface area contributed by atoms with Crippen LogP contribution in [-0.4, -0.2) is 21.8 Å². The molecule has 0 aliphatic carbocycles. The highest BCUT2D eigenvalue weighted by Gasteiger charge is 2.19. The van der Waals surface area contributed by atoms with Crippen molar-refractivity contribution in [3.8, 4) is 5.75 Å². The Balaban J connectivity index is 2.17. The first-order valence-corrected chi connectivity index (χ1v) is 8.62. The van der Waals surface area contributed by atoms with Gasteiger partial charge in [0, 0.05) is 0 Å². The number of halogens is 1. The van der Waals surface area contributed by atoms with Crippen LogP contribution in [0.2, 0.25) is 0 Å². The van der Waals surface area contributed by atoms with Crippen LogP contribution in [0.3, 0.4) is 0 Å². The van der Waals surface area contributed by atoms with Crippen LogP contribution in [0, 0.1) is 5.92 Å². The smallest absolute Gasteiger partial charge is 0.240 e. The van der Waals surface area contributed by atoms with E-state index < -0.39 is 0 Å². The van der Waals surface area contributed by atoms with Gasteiger partial charge in [-0.25, -0.2) is 4.98 Å². The van der Waals surface area contributed by atoms with Crippen LogP contribution in [0.5, 0.6) is 5.75 Å². The first-order valence-electron chi connectivity index (χ1n) is 6.89. The molecule has 1 aromatic carbocycles. The number of hydrogen-bond donors (Lipinski definition) is 1. The maximum Gasteiger partial charge on any atom is 0.240 e. The van der Waals surface area contributed by atoms with Crippen LogP contribution in [0.4, 0.5) is 5.13 Å². The summed E-state index contributed by atoms with van der Waals surface area (Å²) in [6.45, 7) is 7.97. The molecule has 0 fully saturated rings. The van der Waals surface area contributed by atoms with Crippen molar-refractivity contribution in [3.05, 3.63) is 18.2 Å². The third-order valence-corrected chi connectivity index (χ3v) is 5.20. The highest BCUT2D eigenvalue weighted by Crippen LogP contribution is 2.30. The largest absolute Gasteiger partial charge is 0.491 e. The number of carbonyl (C=O) groups is 1. The fourth-order valence-electron chi connectivity index (χ4n) is 1.78. The van der Waals surface area contributed by atoms with E-state index in [1.54, 1.807) is 0 Å². The summed E-state index contributed by atoms with van der Waals surface area (Å²) < 4.78 is 6.67. The lowest BCUT2D eigenvalue weighted by atomic mass is 10.1. The van der Waals surface area contributed by atoms with E-state index >= 15 is 0 Å². The number of fused-ring (bicyclic) bond motifs is 1. The SMILES string of the molecule is CC(C)Oc1ccc2nc(NC(=O)C(Br)C(C)C)sc2c1. The van der Waals surface area contributed by atoms with Gasteiger partial charge in [0.25, 0.3) is 0 Å². The van der Waals surface area contributed by atoms with E-state index in [-0.39, 0.29) is 22.8 Å². The summed E-state index contributed by atoms with van der Waals surface area (Å²) in [7, 11) is 0. The highest BCUT2D eigenvalue weighted by atomic mass is 79.9. The van der Waals surface area contributed by atoms with Crippen LogP contribution in [0.1, 0.15) is 27.7 Å². The molecule has 0 spiro atoms. The van der Waals surface area contributed by atoms with E-state index in [1.165, 1.54) is 11.3 Å². The van der Waals surface area contributed by atoms with E-state index in [0.29, 0.717) is 5.13 Å². The lowest BCUT2D eigenvalue weighted by Gasteiger charge is -2.11. The molecule has 0 saturated heterocycles. The number of amides is 1. The van der Waals surface area contributed by atoms with E-state index in [2.05, 4.69) is 26.2 Å². The number of alkyl halides is 1. The van der Waals surface area contributed by atoms with E-state index in [9.17, 15) is 4.79 Å². The second-order valence-electron chi connectivity index (χ2n) is 5.45. The molecule has 1 N–H and O–H groups in total. The predicted molar refractivity (Wildman–Crippen MR) is 91.6 cm³/mol. The zero-order chi connectivity index (χ0) is 15.6. The van der Waals surface area contributed by atoms with E-state index in [1.807, 2.05) is 45.9 Å². The number of carbonyl (C=O) groups excluding carboxylic acids is 1. The summed E-state index contributed by atoms with van der Waals surface area (Å²) in [6, 6.07) is 5.76.